The van der Waals surface area contributed by atoms with Gasteiger partial charge >= 0.3 is 6.03 Å². The van der Waals surface area contributed by atoms with Crippen LogP contribution in [0.25, 0.3) is 4.85 Å². The molecule has 10 heteroatoms. The fraction of sp³-hybridized carbons (Fsp3) is 0.182. The molecule has 3 N–H and O–H groups in total. The van der Waals surface area contributed by atoms with Gasteiger partial charge in [0.15, 0.2) is 5.69 Å². The molecule has 6 amide bonds. The van der Waals surface area contributed by atoms with E-state index in [1.165, 1.54) is 12.1 Å². The summed E-state index contributed by atoms with van der Waals surface area (Å²) >= 11 is 0. The largest absolute Gasteiger partial charge is 0.334 e. The Morgan fingerprint density at radius 1 is 1.06 bits per heavy atom. The van der Waals surface area contributed by atoms with Crippen LogP contribution in [0, 0.1) is 6.57 Å². The van der Waals surface area contributed by atoms with Crippen molar-refractivity contribution in [1.29, 1.82) is 0 Å². The molecule has 1 atom stereocenters. The zero-order chi connectivity index (χ0) is 22.8. The van der Waals surface area contributed by atoms with Crippen molar-refractivity contribution >= 4 is 41.0 Å². The molecule has 160 valence electrons. The van der Waals surface area contributed by atoms with Gasteiger partial charge in [-0.25, -0.2) is 9.64 Å². The fourth-order valence-corrected chi connectivity index (χ4v) is 3.61. The van der Waals surface area contributed by atoms with Crippen molar-refractivity contribution in [2.75, 3.05) is 5.32 Å². The van der Waals surface area contributed by atoms with Gasteiger partial charge in [0.2, 0.25) is 11.8 Å². The maximum Gasteiger partial charge on any atom is 0.319 e. The Morgan fingerprint density at radius 3 is 2.47 bits per heavy atom. The summed E-state index contributed by atoms with van der Waals surface area (Å²) in [5, 5.41) is 7.45. The molecular formula is C22H17N5O5. The van der Waals surface area contributed by atoms with Gasteiger partial charge in [-0.2, -0.15) is 0 Å². The number of benzene rings is 2. The van der Waals surface area contributed by atoms with E-state index in [1.54, 1.807) is 30.3 Å². The Labute approximate surface area is 182 Å². The van der Waals surface area contributed by atoms with Gasteiger partial charge in [0, 0.05) is 18.7 Å². The summed E-state index contributed by atoms with van der Waals surface area (Å²) in [4.78, 5) is 65.3. The minimum Gasteiger partial charge on any atom is -0.334 e. The molecule has 2 aliphatic heterocycles. The summed E-state index contributed by atoms with van der Waals surface area (Å²) < 4.78 is 0. The van der Waals surface area contributed by atoms with Crippen molar-refractivity contribution in [3.8, 4) is 0 Å². The van der Waals surface area contributed by atoms with Crippen LogP contribution in [0.1, 0.15) is 39.1 Å². The zero-order valence-corrected chi connectivity index (χ0v) is 16.7. The molecule has 1 unspecified atom stereocenters. The smallest absolute Gasteiger partial charge is 0.319 e. The third kappa shape index (κ3) is 3.91. The second kappa shape index (κ2) is 8.31. The van der Waals surface area contributed by atoms with Crippen LogP contribution in [0.2, 0.25) is 0 Å². The molecule has 4 rings (SSSR count). The van der Waals surface area contributed by atoms with Crippen LogP contribution < -0.4 is 16.0 Å². The molecule has 0 aliphatic carbocycles. The summed E-state index contributed by atoms with van der Waals surface area (Å²) in [7, 11) is 0. The van der Waals surface area contributed by atoms with Crippen molar-refractivity contribution in [3.63, 3.8) is 0 Å². The summed E-state index contributed by atoms with van der Waals surface area (Å²) in [6.45, 7) is 7.03. The minimum absolute atomic E-state index is 0.0503. The molecule has 0 bridgehead atoms. The average molecular weight is 431 g/mol. The lowest BCUT2D eigenvalue weighted by atomic mass is 10.0. The lowest BCUT2D eigenvalue weighted by Gasteiger charge is -2.27. The van der Waals surface area contributed by atoms with Crippen molar-refractivity contribution in [1.82, 2.24) is 15.5 Å². The number of hydrogen-bond acceptors (Lipinski definition) is 5. The minimum atomic E-state index is -1.03. The van der Waals surface area contributed by atoms with Gasteiger partial charge in [-0.1, -0.05) is 18.2 Å². The summed E-state index contributed by atoms with van der Waals surface area (Å²) in [5.74, 6) is -2.29. The molecule has 32 heavy (non-hydrogen) atoms. The van der Waals surface area contributed by atoms with Gasteiger partial charge in [-0.15, -0.1) is 0 Å². The fourth-order valence-electron chi connectivity index (χ4n) is 3.61. The molecule has 0 spiro atoms. The van der Waals surface area contributed by atoms with Crippen LogP contribution in [-0.2, 0) is 16.1 Å². The zero-order valence-electron chi connectivity index (χ0n) is 16.7. The Morgan fingerprint density at radius 2 is 1.78 bits per heavy atom. The van der Waals surface area contributed by atoms with E-state index >= 15 is 0 Å². The van der Waals surface area contributed by atoms with Gasteiger partial charge in [-0.3, -0.25) is 29.4 Å². The maximum absolute atomic E-state index is 12.8. The molecule has 0 aromatic heterocycles. The van der Waals surface area contributed by atoms with Crippen LogP contribution >= 0.6 is 0 Å². The van der Waals surface area contributed by atoms with E-state index in [4.69, 9.17) is 6.57 Å². The van der Waals surface area contributed by atoms with Crippen molar-refractivity contribution in [2.24, 2.45) is 0 Å². The SMILES string of the molecule is [C-]#[N+]c1ccc(NC(=O)NCc2ccc3c(c2)C(=O)N(C2CCC(=O)NC2=O)C3=O)cc1. The van der Waals surface area contributed by atoms with Crippen LogP contribution in [0.4, 0.5) is 16.2 Å². The number of urea groups is 1. The second-order valence-corrected chi connectivity index (χ2v) is 7.29. The Kier molecular flexibility index (Phi) is 5.39. The molecule has 10 nitrogen and oxygen atoms in total. The summed E-state index contributed by atoms with van der Waals surface area (Å²) in [6, 6.07) is 9.48. The predicted octanol–water partition coefficient (Wildman–Crippen LogP) is 1.96. The normalized spacial score (nSPS) is 17.5. The molecule has 1 fully saturated rings. The molecule has 2 aromatic carbocycles. The Bertz CT molecular complexity index is 1200. The number of carbonyl (C=O) groups is 5. The number of nitrogens with one attached hydrogen (secondary N) is 3. The molecule has 1 saturated heterocycles. The number of fused-ring (bicyclic) bond motifs is 1. The first-order chi connectivity index (χ1) is 15.4. The first-order valence-electron chi connectivity index (χ1n) is 9.74. The lowest BCUT2D eigenvalue weighted by Crippen LogP contribution is -2.54. The number of piperidine rings is 1. The quantitative estimate of drug-likeness (QED) is 0.504. The number of anilines is 1. The van der Waals surface area contributed by atoms with Gasteiger partial charge in [-0.05, 0) is 36.2 Å². The highest BCUT2D eigenvalue weighted by atomic mass is 16.2. The van der Waals surface area contributed by atoms with E-state index in [0.717, 1.165) is 4.90 Å². The van der Waals surface area contributed by atoms with Crippen LogP contribution in [-0.4, -0.2) is 40.6 Å². The van der Waals surface area contributed by atoms with Gasteiger partial charge in [0.1, 0.15) is 6.04 Å². The molecule has 2 heterocycles. The predicted molar refractivity (Wildman–Crippen MR) is 112 cm³/mol. The lowest BCUT2D eigenvalue weighted by molar-refractivity contribution is -0.136. The maximum atomic E-state index is 12.8. The number of amides is 6. The molecule has 2 aliphatic rings. The second-order valence-electron chi connectivity index (χ2n) is 7.29. The van der Waals surface area contributed by atoms with Gasteiger partial charge in [0.25, 0.3) is 11.8 Å². The number of rotatable bonds is 4. The van der Waals surface area contributed by atoms with Gasteiger partial charge < -0.3 is 10.6 Å². The Hall–Kier alpha value is -4.52. The standard InChI is InChI=1S/C22H17N5O5/c1-23-13-3-5-14(6-4-13)25-22(32)24-11-12-2-7-15-16(10-12)21(31)27(20(15)30)17-8-9-18(28)26-19(17)29/h2-7,10,17H,8-9,11H2,(H2,24,25,32)(H,26,28,29). The van der Waals surface area contributed by atoms with E-state index in [0.29, 0.717) is 16.9 Å². The average Bonchev–Trinajstić information content (AvgIpc) is 3.03. The topological polar surface area (TPSA) is 129 Å². The summed E-state index contributed by atoms with van der Waals surface area (Å²) in [6.07, 6.45) is 0.135. The monoisotopic (exact) mass is 431 g/mol. The van der Waals surface area contributed by atoms with E-state index in [2.05, 4.69) is 20.8 Å². The first-order valence-corrected chi connectivity index (χ1v) is 9.74. The Balaban J connectivity index is 1.42. The molecule has 0 radical (unpaired) electrons. The number of carbonyl (C=O) groups excluding carboxylic acids is 5. The number of nitrogens with zero attached hydrogens (tertiary/aromatic N) is 2. The van der Waals surface area contributed by atoms with Crippen molar-refractivity contribution in [2.45, 2.75) is 25.4 Å². The first kappa shape index (κ1) is 20.7. The number of imide groups is 2. The molecular weight excluding hydrogens is 414 g/mol. The van der Waals surface area contributed by atoms with Crippen LogP contribution in [0.15, 0.2) is 42.5 Å². The third-order valence-corrected chi connectivity index (χ3v) is 5.21. The van der Waals surface area contributed by atoms with Crippen molar-refractivity contribution < 1.29 is 24.0 Å². The van der Waals surface area contributed by atoms with Crippen LogP contribution in [0.5, 0.6) is 0 Å². The van der Waals surface area contributed by atoms with E-state index in [1.807, 2.05) is 0 Å². The van der Waals surface area contributed by atoms with Crippen molar-refractivity contribution in [3.05, 3.63) is 70.6 Å². The van der Waals surface area contributed by atoms with E-state index < -0.39 is 35.7 Å². The van der Waals surface area contributed by atoms with Gasteiger partial charge in [0.05, 0.1) is 17.7 Å². The summed E-state index contributed by atoms with van der Waals surface area (Å²) in [5.41, 5.74) is 1.89. The van der Waals surface area contributed by atoms with Crippen LogP contribution in [0.3, 0.4) is 0 Å². The number of hydrogen-bond donors (Lipinski definition) is 3. The molecule has 2 aromatic rings. The van der Waals surface area contributed by atoms with E-state index in [-0.39, 0.29) is 30.5 Å². The highest BCUT2D eigenvalue weighted by Crippen LogP contribution is 2.28. The highest BCUT2D eigenvalue weighted by molar-refractivity contribution is 6.23. The molecule has 0 saturated carbocycles. The highest BCUT2D eigenvalue weighted by Gasteiger charge is 2.44. The van der Waals surface area contributed by atoms with E-state index in [9.17, 15) is 24.0 Å². The third-order valence-electron chi connectivity index (χ3n) is 5.21.